The number of rotatable bonds is 3. The van der Waals surface area contributed by atoms with Crippen LogP contribution < -0.4 is 10.6 Å². The lowest BCUT2D eigenvalue weighted by atomic mass is 10.0. The van der Waals surface area contributed by atoms with Crippen LogP contribution in [0.2, 0.25) is 0 Å². The van der Waals surface area contributed by atoms with Crippen molar-refractivity contribution in [1.29, 1.82) is 0 Å². The number of amides is 1. The van der Waals surface area contributed by atoms with Crippen LogP contribution in [0.1, 0.15) is 40.0 Å². The van der Waals surface area contributed by atoms with Gasteiger partial charge in [-0.15, -0.1) is 0 Å². The molecule has 2 N–H and O–H groups in total. The Balaban J connectivity index is 1.59. The fourth-order valence-corrected chi connectivity index (χ4v) is 3.40. The Morgan fingerprint density at radius 1 is 1.23 bits per heavy atom. The second kappa shape index (κ2) is 6.33. The fourth-order valence-electron chi connectivity index (χ4n) is 3.40. The highest BCUT2D eigenvalue weighted by molar-refractivity contribution is 6.05. The zero-order valence-corrected chi connectivity index (χ0v) is 15.2. The number of nitrogens with zero attached hydrogens (tertiary/aromatic N) is 2. The predicted octanol–water partition coefficient (Wildman–Crippen LogP) is 4.27. The van der Waals surface area contributed by atoms with E-state index in [4.69, 9.17) is 0 Å². The minimum Gasteiger partial charge on any atom is -0.384 e. The molecular formula is C21H22N4O. The number of carbonyl (C=O) groups excluding carboxylic acids is 1. The van der Waals surface area contributed by atoms with Gasteiger partial charge >= 0.3 is 0 Å². The summed E-state index contributed by atoms with van der Waals surface area (Å²) in [6.07, 6.45) is 3.75. The number of fused-ring (bicyclic) bond motifs is 1. The maximum Gasteiger partial charge on any atom is 0.255 e. The quantitative estimate of drug-likeness (QED) is 0.744. The van der Waals surface area contributed by atoms with E-state index in [1.165, 1.54) is 5.56 Å². The molecule has 5 nitrogen and oxygen atoms in total. The molecule has 0 radical (unpaired) electrons. The van der Waals surface area contributed by atoms with Gasteiger partial charge in [0.05, 0.1) is 12.0 Å². The van der Waals surface area contributed by atoms with Crippen LogP contribution in [-0.2, 0) is 0 Å². The highest BCUT2D eigenvalue weighted by atomic mass is 16.1. The average molecular weight is 346 g/mol. The van der Waals surface area contributed by atoms with Crippen LogP contribution in [0.15, 0.2) is 48.9 Å². The Kier molecular flexibility index (Phi) is 3.99. The van der Waals surface area contributed by atoms with Crippen molar-refractivity contribution in [3.63, 3.8) is 0 Å². The van der Waals surface area contributed by atoms with E-state index in [9.17, 15) is 4.79 Å². The summed E-state index contributed by atoms with van der Waals surface area (Å²) in [7, 11) is 0. The molecule has 2 aromatic carbocycles. The van der Waals surface area contributed by atoms with Crippen molar-refractivity contribution < 1.29 is 4.79 Å². The van der Waals surface area contributed by atoms with Crippen molar-refractivity contribution in [2.24, 2.45) is 0 Å². The van der Waals surface area contributed by atoms with Crippen molar-refractivity contribution in [2.45, 2.75) is 26.7 Å². The standard InChI is InChI=1S/C21H22N4O/c1-13-6-17(9-18(7-13)25-11-15(3)23-12-25)24-21(26)16-4-5-19-14(2)10-22-20(19)8-16/h4-9,11-12,14,22H,10H2,1-3H3,(H,24,26). The van der Waals surface area contributed by atoms with Crippen LogP contribution in [0.25, 0.3) is 5.69 Å². The number of carbonyl (C=O) groups is 1. The van der Waals surface area contributed by atoms with Crippen molar-refractivity contribution in [3.05, 3.63) is 71.3 Å². The van der Waals surface area contributed by atoms with Crippen LogP contribution in [0.4, 0.5) is 11.4 Å². The molecular weight excluding hydrogens is 324 g/mol. The van der Waals surface area contributed by atoms with E-state index < -0.39 is 0 Å². The topological polar surface area (TPSA) is 59.0 Å². The van der Waals surface area contributed by atoms with Crippen molar-refractivity contribution in [3.8, 4) is 5.69 Å². The zero-order chi connectivity index (χ0) is 18.3. The maximum absolute atomic E-state index is 12.7. The second-order valence-corrected chi connectivity index (χ2v) is 7.02. The molecule has 4 rings (SSSR count). The van der Waals surface area contributed by atoms with Gasteiger partial charge < -0.3 is 15.2 Å². The molecule has 1 unspecified atom stereocenters. The Morgan fingerprint density at radius 3 is 2.85 bits per heavy atom. The van der Waals surface area contributed by atoms with Gasteiger partial charge in [0, 0.05) is 41.3 Å². The molecule has 0 bridgehead atoms. The number of benzene rings is 2. The molecule has 5 heteroatoms. The van der Waals surface area contributed by atoms with Crippen LogP contribution in [0.5, 0.6) is 0 Å². The summed E-state index contributed by atoms with van der Waals surface area (Å²) in [5.74, 6) is 0.382. The van der Waals surface area contributed by atoms with Gasteiger partial charge in [-0.25, -0.2) is 4.98 Å². The van der Waals surface area contributed by atoms with Crippen molar-refractivity contribution in [2.75, 3.05) is 17.2 Å². The summed E-state index contributed by atoms with van der Waals surface area (Å²) in [4.78, 5) is 17.0. The molecule has 0 spiro atoms. The molecule has 0 aliphatic carbocycles. The summed E-state index contributed by atoms with van der Waals surface area (Å²) in [5, 5.41) is 6.38. The molecule has 132 valence electrons. The zero-order valence-electron chi connectivity index (χ0n) is 15.2. The third-order valence-corrected chi connectivity index (χ3v) is 4.77. The van der Waals surface area contributed by atoms with Gasteiger partial charge in [0.2, 0.25) is 0 Å². The van der Waals surface area contributed by atoms with E-state index in [-0.39, 0.29) is 5.91 Å². The maximum atomic E-state index is 12.7. The Hall–Kier alpha value is -3.08. The van der Waals surface area contributed by atoms with Gasteiger partial charge in [-0.3, -0.25) is 4.79 Å². The third-order valence-electron chi connectivity index (χ3n) is 4.77. The van der Waals surface area contributed by atoms with Gasteiger partial charge in [-0.1, -0.05) is 13.0 Å². The molecule has 0 fully saturated rings. The summed E-state index contributed by atoms with van der Waals surface area (Å²) >= 11 is 0. The molecule has 1 aromatic heterocycles. The first-order valence-electron chi connectivity index (χ1n) is 8.81. The number of anilines is 2. The van der Waals surface area contributed by atoms with Crippen LogP contribution in [-0.4, -0.2) is 22.0 Å². The highest BCUT2D eigenvalue weighted by Crippen LogP contribution is 2.31. The normalized spacial score (nSPS) is 15.4. The molecule has 2 heterocycles. The van der Waals surface area contributed by atoms with Crippen LogP contribution in [0, 0.1) is 13.8 Å². The first-order valence-corrected chi connectivity index (χ1v) is 8.81. The molecule has 3 aromatic rings. The monoisotopic (exact) mass is 346 g/mol. The largest absolute Gasteiger partial charge is 0.384 e. The average Bonchev–Trinajstić information content (AvgIpc) is 3.20. The Bertz CT molecular complexity index is 989. The lowest BCUT2D eigenvalue weighted by Crippen LogP contribution is -2.12. The van der Waals surface area contributed by atoms with E-state index in [1.54, 1.807) is 6.33 Å². The smallest absolute Gasteiger partial charge is 0.255 e. The molecule has 1 aliphatic heterocycles. The number of imidazole rings is 1. The Labute approximate surface area is 153 Å². The van der Waals surface area contributed by atoms with Crippen molar-refractivity contribution >= 4 is 17.3 Å². The summed E-state index contributed by atoms with van der Waals surface area (Å²) in [5.41, 5.74) is 6.78. The third kappa shape index (κ3) is 3.08. The lowest BCUT2D eigenvalue weighted by Gasteiger charge is -2.11. The van der Waals surface area contributed by atoms with Gasteiger partial charge in [0.15, 0.2) is 0 Å². The summed E-state index contributed by atoms with van der Waals surface area (Å²) in [6.45, 7) is 7.08. The minimum atomic E-state index is -0.104. The first-order chi connectivity index (χ1) is 12.5. The number of aromatic nitrogens is 2. The van der Waals surface area contributed by atoms with Crippen molar-refractivity contribution in [1.82, 2.24) is 9.55 Å². The number of nitrogens with one attached hydrogen (secondary N) is 2. The van der Waals surface area contributed by atoms with Gasteiger partial charge in [0.1, 0.15) is 0 Å². The minimum absolute atomic E-state index is 0.104. The molecule has 1 amide bonds. The number of hydrogen-bond donors (Lipinski definition) is 2. The van der Waals surface area contributed by atoms with Gasteiger partial charge in [-0.2, -0.15) is 0 Å². The SMILES string of the molecule is Cc1cc(NC(=O)c2ccc3c(c2)NCC3C)cc(-n2cnc(C)c2)c1. The number of aryl methyl sites for hydroxylation is 2. The Morgan fingerprint density at radius 2 is 2.08 bits per heavy atom. The van der Waals surface area contributed by atoms with Crippen LogP contribution >= 0.6 is 0 Å². The summed E-state index contributed by atoms with van der Waals surface area (Å²) < 4.78 is 1.96. The molecule has 1 atom stereocenters. The predicted molar refractivity (Wildman–Crippen MR) is 104 cm³/mol. The van der Waals surface area contributed by atoms with E-state index in [1.807, 2.05) is 54.9 Å². The van der Waals surface area contributed by atoms with E-state index >= 15 is 0 Å². The summed E-state index contributed by atoms with van der Waals surface area (Å²) in [6, 6.07) is 11.9. The van der Waals surface area contributed by atoms with E-state index in [0.29, 0.717) is 11.5 Å². The highest BCUT2D eigenvalue weighted by Gasteiger charge is 2.19. The lowest BCUT2D eigenvalue weighted by molar-refractivity contribution is 0.102. The molecule has 0 saturated carbocycles. The van der Waals surface area contributed by atoms with E-state index in [2.05, 4.69) is 28.6 Å². The van der Waals surface area contributed by atoms with Crippen LogP contribution in [0.3, 0.4) is 0 Å². The first kappa shape index (κ1) is 16.4. The molecule has 0 saturated heterocycles. The second-order valence-electron chi connectivity index (χ2n) is 7.02. The van der Waals surface area contributed by atoms with E-state index in [0.717, 1.165) is 34.9 Å². The number of hydrogen-bond acceptors (Lipinski definition) is 3. The molecule has 1 aliphatic rings. The fraction of sp³-hybridized carbons (Fsp3) is 0.238. The van der Waals surface area contributed by atoms with Gasteiger partial charge in [-0.05, 0) is 55.3 Å². The molecule has 26 heavy (non-hydrogen) atoms. The van der Waals surface area contributed by atoms with Gasteiger partial charge in [0.25, 0.3) is 5.91 Å².